The molecule has 0 radical (unpaired) electrons. The maximum Gasteiger partial charge on any atom is 0.319 e. The zero-order valence-electron chi connectivity index (χ0n) is 12.3. The second kappa shape index (κ2) is 8.91. The van der Waals surface area contributed by atoms with E-state index in [9.17, 15) is 9.59 Å². The van der Waals surface area contributed by atoms with E-state index < -0.39 is 5.97 Å². The summed E-state index contributed by atoms with van der Waals surface area (Å²) in [6.07, 6.45) is 1.28. The van der Waals surface area contributed by atoms with Crippen molar-refractivity contribution in [2.75, 3.05) is 25.1 Å². The molecular weight excluding hydrogens is 274 g/mol. The molecule has 3 N–H and O–H groups in total. The first kappa shape index (κ1) is 16.9. The second-order valence-electron chi connectivity index (χ2n) is 4.96. The molecule has 2 amide bonds. The van der Waals surface area contributed by atoms with Crippen LogP contribution in [0.1, 0.15) is 19.5 Å². The third-order valence-corrected chi connectivity index (χ3v) is 2.40. The van der Waals surface area contributed by atoms with Crippen LogP contribution < -0.4 is 10.6 Å². The Kier molecular flexibility index (Phi) is 7.17. The molecule has 0 atom stereocenters. The van der Waals surface area contributed by atoms with E-state index in [4.69, 9.17) is 9.84 Å². The first-order chi connectivity index (χ1) is 9.97. The summed E-state index contributed by atoms with van der Waals surface area (Å²) < 4.78 is 5.34. The van der Waals surface area contributed by atoms with Crippen LogP contribution in [0.25, 0.3) is 0 Å². The summed E-state index contributed by atoms with van der Waals surface area (Å²) in [5.41, 5.74) is 0.945. The van der Waals surface area contributed by atoms with Gasteiger partial charge in [0.25, 0.3) is 0 Å². The van der Waals surface area contributed by atoms with Crippen molar-refractivity contribution in [3.05, 3.63) is 24.0 Å². The van der Waals surface area contributed by atoms with Crippen molar-refractivity contribution < 1.29 is 19.4 Å². The van der Waals surface area contributed by atoms with E-state index in [1.807, 2.05) is 0 Å². The van der Waals surface area contributed by atoms with Gasteiger partial charge in [0.1, 0.15) is 0 Å². The smallest absolute Gasteiger partial charge is 0.319 e. The van der Waals surface area contributed by atoms with Crippen LogP contribution in [-0.2, 0) is 16.0 Å². The maximum absolute atomic E-state index is 11.6. The molecule has 1 aromatic heterocycles. The third kappa shape index (κ3) is 7.88. The molecular formula is C14H21N3O4. The van der Waals surface area contributed by atoms with Gasteiger partial charge in [-0.25, -0.2) is 4.79 Å². The van der Waals surface area contributed by atoms with E-state index in [2.05, 4.69) is 29.5 Å². The number of anilines is 1. The lowest BCUT2D eigenvalue weighted by Gasteiger charge is -2.09. The summed E-state index contributed by atoms with van der Waals surface area (Å²) >= 11 is 0. The zero-order chi connectivity index (χ0) is 15.7. The number of aliphatic carboxylic acids is 1. The van der Waals surface area contributed by atoms with Gasteiger partial charge in [-0.1, -0.05) is 13.8 Å². The standard InChI is InChI=1S/C14H21N3O4/c1-10(2)9-21-6-5-15-14(20)17-12-4-3-11(16-8-12)7-13(18)19/h3-4,8,10H,5-7,9H2,1-2H3,(H,18,19)(H2,15,17,20). The Hall–Kier alpha value is -2.15. The minimum Gasteiger partial charge on any atom is -0.481 e. The number of pyridine rings is 1. The van der Waals surface area contributed by atoms with Gasteiger partial charge in [-0.2, -0.15) is 0 Å². The Balaban J connectivity index is 2.26. The van der Waals surface area contributed by atoms with Gasteiger partial charge in [-0.3, -0.25) is 9.78 Å². The van der Waals surface area contributed by atoms with Gasteiger partial charge in [-0.15, -0.1) is 0 Å². The van der Waals surface area contributed by atoms with Crippen LogP contribution in [0.15, 0.2) is 18.3 Å². The summed E-state index contributed by atoms with van der Waals surface area (Å²) in [6.45, 7) is 5.66. The van der Waals surface area contributed by atoms with Gasteiger partial charge >= 0.3 is 12.0 Å². The van der Waals surface area contributed by atoms with Gasteiger partial charge in [0.05, 0.1) is 30.6 Å². The molecule has 1 rings (SSSR count). The quantitative estimate of drug-likeness (QED) is 0.631. The maximum atomic E-state index is 11.6. The molecule has 7 heteroatoms. The number of carbonyl (C=O) groups is 2. The van der Waals surface area contributed by atoms with Crippen molar-refractivity contribution in [2.45, 2.75) is 20.3 Å². The fraction of sp³-hybridized carbons (Fsp3) is 0.500. The van der Waals surface area contributed by atoms with Crippen LogP contribution in [0, 0.1) is 5.92 Å². The number of nitrogens with zero attached hydrogens (tertiary/aromatic N) is 1. The van der Waals surface area contributed by atoms with Crippen LogP contribution in [0.5, 0.6) is 0 Å². The lowest BCUT2D eigenvalue weighted by atomic mass is 10.2. The highest BCUT2D eigenvalue weighted by Gasteiger charge is 2.04. The molecule has 0 spiro atoms. The predicted molar refractivity (Wildman–Crippen MR) is 78.3 cm³/mol. The molecule has 7 nitrogen and oxygen atoms in total. The van der Waals surface area contributed by atoms with E-state index in [-0.39, 0.29) is 12.5 Å². The molecule has 21 heavy (non-hydrogen) atoms. The lowest BCUT2D eigenvalue weighted by Crippen LogP contribution is -2.31. The van der Waals surface area contributed by atoms with Gasteiger partial charge < -0.3 is 20.5 Å². The predicted octanol–water partition coefficient (Wildman–Crippen LogP) is 1.50. The summed E-state index contributed by atoms with van der Waals surface area (Å²) in [6, 6.07) is 2.83. The van der Waals surface area contributed by atoms with Crippen molar-refractivity contribution in [3.8, 4) is 0 Å². The van der Waals surface area contributed by atoms with Crippen molar-refractivity contribution in [1.29, 1.82) is 0 Å². The number of carboxylic acid groups (broad SMARTS) is 1. The van der Waals surface area contributed by atoms with Crippen LogP contribution in [0.3, 0.4) is 0 Å². The number of hydrogen-bond acceptors (Lipinski definition) is 4. The first-order valence-corrected chi connectivity index (χ1v) is 6.76. The monoisotopic (exact) mass is 295 g/mol. The van der Waals surface area contributed by atoms with E-state index in [1.165, 1.54) is 6.20 Å². The topological polar surface area (TPSA) is 101 Å². The molecule has 0 aliphatic rings. The largest absolute Gasteiger partial charge is 0.481 e. The van der Waals surface area contributed by atoms with Crippen molar-refractivity contribution >= 4 is 17.7 Å². The fourth-order valence-electron chi connectivity index (χ4n) is 1.49. The van der Waals surface area contributed by atoms with Crippen molar-refractivity contribution in [2.24, 2.45) is 5.92 Å². The minimum absolute atomic E-state index is 0.139. The highest BCUT2D eigenvalue weighted by Crippen LogP contribution is 2.06. The molecule has 0 aromatic carbocycles. The SMILES string of the molecule is CC(C)COCCNC(=O)Nc1ccc(CC(=O)O)nc1. The average molecular weight is 295 g/mol. The Labute approximate surface area is 123 Å². The van der Waals surface area contributed by atoms with Gasteiger partial charge in [0, 0.05) is 13.2 Å². The highest BCUT2D eigenvalue weighted by molar-refractivity contribution is 5.89. The Morgan fingerprint density at radius 2 is 2.14 bits per heavy atom. The molecule has 0 saturated carbocycles. The van der Waals surface area contributed by atoms with Gasteiger partial charge in [-0.05, 0) is 18.1 Å². The molecule has 1 heterocycles. The number of amides is 2. The molecule has 0 aliphatic carbocycles. The first-order valence-electron chi connectivity index (χ1n) is 6.76. The highest BCUT2D eigenvalue weighted by atomic mass is 16.5. The van der Waals surface area contributed by atoms with Crippen LogP contribution in [-0.4, -0.2) is 41.8 Å². The van der Waals surface area contributed by atoms with E-state index >= 15 is 0 Å². The van der Waals surface area contributed by atoms with Crippen molar-refractivity contribution in [3.63, 3.8) is 0 Å². The summed E-state index contributed by atoms with van der Waals surface area (Å²) in [4.78, 5) is 26.0. The number of hydrogen-bond donors (Lipinski definition) is 3. The molecule has 0 bridgehead atoms. The normalized spacial score (nSPS) is 10.4. The third-order valence-electron chi connectivity index (χ3n) is 2.40. The van der Waals surface area contributed by atoms with E-state index in [1.54, 1.807) is 12.1 Å². The zero-order valence-corrected chi connectivity index (χ0v) is 12.3. The number of carbonyl (C=O) groups excluding carboxylic acids is 1. The number of ether oxygens (including phenoxy) is 1. The Bertz CT molecular complexity index is 460. The van der Waals surface area contributed by atoms with E-state index in [0.717, 1.165) is 0 Å². The summed E-state index contributed by atoms with van der Waals surface area (Å²) in [5, 5.41) is 13.9. The summed E-state index contributed by atoms with van der Waals surface area (Å²) in [7, 11) is 0. The molecule has 116 valence electrons. The van der Waals surface area contributed by atoms with Gasteiger partial charge in [0.15, 0.2) is 0 Å². The molecule has 0 saturated heterocycles. The van der Waals surface area contributed by atoms with E-state index in [0.29, 0.717) is 37.1 Å². The number of rotatable bonds is 8. The average Bonchev–Trinajstić information content (AvgIpc) is 2.39. The van der Waals surface area contributed by atoms with Crippen LogP contribution >= 0.6 is 0 Å². The van der Waals surface area contributed by atoms with Crippen LogP contribution in [0.2, 0.25) is 0 Å². The molecule has 1 aromatic rings. The van der Waals surface area contributed by atoms with Gasteiger partial charge in [0.2, 0.25) is 0 Å². The number of aromatic nitrogens is 1. The molecule has 0 unspecified atom stereocenters. The Morgan fingerprint density at radius 1 is 1.38 bits per heavy atom. The molecule has 0 aliphatic heterocycles. The minimum atomic E-state index is -0.942. The fourth-order valence-corrected chi connectivity index (χ4v) is 1.49. The van der Waals surface area contributed by atoms with Crippen molar-refractivity contribution in [1.82, 2.24) is 10.3 Å². The second-order valence-corrected chi connectivity index (χ2v) is 4.96. The Morgan fingerprint density at radius 3 is 2.71 bits per heavy atom. The number of urea groups is 1. The lowest BCUT2D eigenvalue weighted by molar-refractivity contribution is -0.136. The number of nitrogens with one attached hydrogen (secondary N) is 2. The number of carboxylic acids is 1. The van der Waals surface area contributed by atoms with Crippen LogP contribution in [0.4, 0.5) is 10.5 Å². The summed E-state index contributed by atoms with van der Waals surface area (Å²) in [5.74, 6) is -0.475. The molecule has 0 fully saturated rings.